The third-order valence-corrected chi connectivity index (χ3v) is 5.80. The van der Waals surface area contributed by atoms with Gasteiger partial charge < -0.3 is 14.7 Å². The molecule has 1 amide bonds. The number of rotatable bonds is 7. The molecule has 3 N–H and O–H groups in total. The summed E-state index contributed by atoms with van der Waals surface area (Å²) in [5, 5.41) is 9.04. The highest BCUT2D eigenvalue weighted by molar-refractivity contribution is 5.94. The summed E-state index contributed by atoms with van der Waals surface area (Å²) in [6.07, 6.45) is 4.52. The van der Waals surface area contributed by atoms with Crippen molar-refractivity contribution in [3.63, 3.8) is 0 Å². The van der Waals surface area contributed by atoms with Gasteiger partial charge in [-0.05, 0) is 55.0 Å². The number of hydrogen-bond acceptors (Lipinski definition) is 6. The molecule has 8 heteroatoms. The fraction of sp³-hybridized carbons (Fsp3) is 0.435. The van der Waals surface area contributed by atoms with Crippen LogP contribution >= 0.6 is 0 Å². The number of likely N-dealkylation sites (tertiary alicyclic amines) is 1. The number of piperidine rings is 1. The first-order chi connectivity index (χ1) is 15.1. The lowest BCUT2D eigenvalue weighted by Gasteiger charge is -2.32. The summed E-state index contributed by atoms with van der Waals surface area (Å²) in [4.78, 5) is 30.2. The van der Waals surface area contributed by atoms with Gasteiger partial charge in [-0.1, -0.05) is 12.1 Å². The molecule has 0 radical (unpaired) electrons. The van der Waals surface area contributed by atoms with Crippen molar-refractivity contribution in [2.45, 2.75) is 38.3 Å². The van der Waals surface area contributed by atoms with Crippen molar-refractivity contribution in [3.8, 4) is 5.75 Å². The highest BCUT2D eigenvalue weighted by Crippen LogP contribution is 2.22. The van der Waals surface area contributed by atoms with E-state index in [2.05, 4.69) is 15.8 Å². The average molecular weight is 425 g/mol. The summed E-state index contributed by atoms with van der Waals surface area (Å²) in [6.45, 7) is 2.43. The maximum Gasteiger partial charge on any atom is 0.303 e. The lowest BCUT2D eigenvalue weighted by molar-refractivity contribution is -0.138. The van der Waals surface area contributed by atoms with Crippen LogP contribution in [0.25, 0.3) is 0 Å². The van der Waals surface area contributed by atoms with E-state index in [1.54, 1.807) is 17.2 Å². The van der Waals surface area contributed by atoms with Crippen LogP contribution in [0.3, 0.4) is 0 Å². The van der Waals surface area contributed by atoms with E-state index in [4.69, 9.17) is 9.84 Å². The number of ether oxygens (including phenoxy) is 1. The molecule has 2 aliphatic rings. The van der Waals surface area contributed by atoms with Crippen LogP contribution in [-0.2, 0) is 11.4 Å². The van der Waals surface area contributed by atoms with E-state index in [9.17, 15) is 9.59 Å². The molecule has 164 valence electrons. The third-order valence-electron chi connectivity index (χ3n) is 5.80. The van der Waals surface area contributed by atoms with Gasteiger partial charge in [-0.2, -0.15) is 0 Å². The van der Waals surface area contributed by atoms with Crippen LogP contribution in [0.2, 0.25) is 0 Å². The molecule has 1 aromatic carbocycles. The molecule has 2 unspecified atom stereocenters. The number of amides is 1. The van der Waals surface area contributed by atoms with Crippen molar-refractivity contribution in [3.05, 3.63) is 59.4 Å². The average Bonchev–Trinajstić information content (AvgIpc) is 3.32. The van der Waals surface area contributed by atoms with Crippen LogP contribution in [0.4, 0.5) is 0 Å². The first-order valence-electron chi connectivity index (χ1n) is 10.8. The minimum absolute atomic E-state index is 0.0207. The molecular weight excluding hydrogens is 396 g/mol. The van der Waals surface area contributed by atoms with E-state index in [0.29, 0.717) is 31.0 Å². The van der Waals surface area contributed by atoms with Crippen molar-refractivity contribution in [1.82, 2.24) is 20.7 Å². The molecule has 31 heavy (non-hydrogen) atoms. The highest BCUT2D eigenvalue weighted by atomic mass is 16.5. The predicted octanol–water partition coefficient (Wildman–Crippen LogP) is 2.53. The number of nitrogens with zero attached hydrogens (tertiary/aromatic N) is 2. The lowest BCUT2D eigenvalue weighted by atomic mass is 9.94. The molecule has 2 aromatic rings. The van der Waals surface area contributed by atoms with E-state index >= 15 is 0 Å². The van der Waals surface area contributed by atoms with Crippen LogP contribution in [0, 0.1) is 5.92 Å². The standard InChI is InChI=1S/C23H28N4O4/c28-22(29)12-16-4-2-10-27(14-16)23(30)18-5-1-3-17(11-18)15-31-19-6-7-20(24-13-19)21-8-9-25-26-21/h1,3,5-7,11,13,16,21,25-26H,2,4,8-10,12,14-15H2,(H,28,29). The normalized spacial score (nSPS) is 21.1. The van der Waals surface area contributed by atoms with Gasteiger partial charge in [0.1, 0.15) is 12.4 Å². The zero-order chi connectivity index (χ0) is 21.6. The Morgan fingerprint density at radius 3 is 2.87 bits per heavy atom. The summed E-state index contributed by atoms with van der Waals surface area (Å²) >= 11 is 0. The summed E-state index contributed by atoms with van der Waals surface area (Å²) in [5.41, 5.74) is 8.77. The van der Waals surface area contributed by atoms with E-state index < -0.39 is 5.97 Å². The van der Waals surface area contributed by atoms with Crippen LogP contribution < -0.4 is 15.6 Å². The first kappa shape index (κ1) is 21.3. The Bertz CT molecular complexity index is 912. The zero-order valence-electron chi connectivity index (χ0n) is 17.4. The molecule has 8 nitrogen and oxygen atoms in total. The quantitative estimate of drug-likeness (QED) is 0.627. The van der Waals surface area contributed by atoms with Gasteiger partial charge in [0.05, 0.1) is 17.9 Å². The molecule has 0 saturated carbocycles. The number of carbonyl (C=O) groups is 2. The molecule has 2 aliphatic heterocycles. The molecule has 0 bridgehead atoms. The van der Waals surface area contributed by atoms with Crippen molar-refractivity contribution in [2.24, 2.45) is 5.92 Å². The Hall–Kier alpha value is -2.97. The minimum atomic E-state index is -0.808. The lowest BCUT2D eigenvalue weighted by Crippen LogP contribution is -2.40. The van der Waals surface area contributed by atoms with Gasteiger partial charge in [0.15, 0.2) is 0 Å². The fourth-order valence-corrected chi connectivity index (χ4v) is 4.20. The number of pyridine rings is 1. The Balaban J connectivity index is 1.34. The van der Waals surface area contributed by atoms with Gasteiger partial charge in [-0.15, -0.1) is 0 Å². The number of aromatic nitrogens is 1. The van der Waals surface area contributed by atoms with Crippen molar-refractivity contribution in [2.75, 3.05) is 19.6 Å². The van der Waals surface area contributed by atoms with Crippen molar-refractivity contribution >= 4 is 11.9 Å². The zero-order valence-corrected chi connectivity index (χ0v) is 17.4. The fourth-order valence-electron chi connectivity index (χ4n) is 4.20. The van der Waals surface area contributed by atoms with Crippen LogP contribution in [-0.4, -0.2) is 46.5 Å². The van der Waals surface area contributed by atoms with E-state index in [-0.39, 0.29) is 24.3 Å². The maximum atomic E-state index is 12.9. The molecule has 2 fully saturated rings. The number of nitrogens with one attached hydrogen (secondary N) is 2. The summed E-state index contributed by atoms with van der Waals surface area (Å²) in [6, 6.07) is 11.5. The number of hydrazine groups is 1. The number of hydrogen-bond donors (Lipinski definition) is 3. The molecule has 0 aliphatic carbocycles. The van der Waals surface area contributed by atoms with E-state index in [1.165, 1.54) is 0 Å². The molecule has 4 rings (SSSR count). The van der Waals surface area contributed by atoms with E-state index in [0.717, 1.165) is 37.1 Å². The molecule has 3 heterocycles. The number of carbonyl (C=O) groups excluding carboxylic acids is 1. The van der Waals surface area contributed by atoms with Gasteiger partial charge in [-0.3, -0.25) is 20.0 Å². The largest absolute Gasteiger partial charge is 0.487 e. The molecule has 1 aromatic heterocycles. The molecule has 2 saturated heterocycles. The van der Waals surface area contributed by atoms with Crippen molar-refractivity contribution < 1.29 is 19.4 Å². The number of benzene rings is 1. The Morgan fingerprint density at radius 1 is 1.23 bits per heavy atom. The summed E-state index contributed by atoms with van der Waals surface area (Å²) in [7, 11) is 0. The summed E-state index contributed by atoms with van der Waals surface area (Å²) < 4.78 is 5.86. The highest BCUT2D eigenvalue weighted by Gasteiger charge is 2.26. The number of carboxylic acids is 1. The topological polar surface area (TPSA) is 104 Å². The van der Waals surface area contributed by atoms with E-state index in [1.807, 2.05) is 30.3 Å². The Morgan fingerprint density at radius 2 is 2.13 bits per heavy atom. The number of aliphatic carboxylic acids is 1. The SMILES string of the molecule is O=C(O)CC1CCCN(C(=O)c2cccc(COc3ccc(C4CCNN4)nc3)c2)C1. The van der Waals surface area contributed by atoms with Crippen LogP contribution in [0.1, 0.15) is 53.3 Å². The predicted molar refractivity (Wildman–Crippen MR) is 114 cm³/mol. The Kier molecular flexibility index (Phi) is 6.79. The van der Waals surface area contributed by atoms with Gasteiger partial charge in [0, 0.05) is 31.6 Å². The van der Waals surface area contributed by atoms with Gasteiger partial charge in [-0.25, -0.2) is 5.43 Å². The minimum Gasteiger partial charge on any atom is -0.487 e. The molecule has 0 spiro atoms. The smallest absolute Gasteiger partial charge is 0.303 e. The van der Waals surface area contributed by atoms with Gasteiger partial charge in [0.25, 0.3) is 5.91 Å². The van der Waals surface area contributed by atoms with Crippen molar-refractivity contribution in [1.29, 1.82) is 0 Å². The third kappa shape index (κ3) is 5.59. The first-order valence-corrected chi connectivity index (χ1v) is 10.8. The van der Waals surface area contributed by atoms with Gasteiger partial charge >= 0.3 is 5.97 Å². The van der Waals surface area contributed by atoms with Gasteiger partial charge in [0.2, 0.25) is 0 Å². The second kappa shape index (κ2) is 9.89. The van der Waals surface area contributed by atoms with Crippen LogP contribution in [0.15, 0.2) is 42.6 Å². The maximum absolute atomic E-state index is 12.9. The Labute approximate surface area is 181 Å². The summed E-state index contributed by atoms with van der Waals surface area (Å²) in [5.74, 6) is -0.163. The second-order valence-electron chi connectivity index (χ2n) is 8.18. The molecule has 2 atom stereocenters. The second-order valence-corrected chi connectivity index (χ2v) is 8.18. The monoisotopic (exact) mass is 424 g/mol. The number of carboxylic acid groups (broad SMARTS) is 1. The van der Waals surface area contributed by atoms with Crippen LogP contribution in [0.5, 0.6) is 5.75 Å². The molecular formula is C23H28N4O4.